The van der Waals surface area contributed by atoms with E-state index in [1.807, 2.05) is 13.8 Å². The van der Waals surface area contributed by atoms with Gasteiger partial charge in [0, 0.05) is 0 Å². The first-order valence-electron chi connectivity index (χ1n) is 11.7. The lowest BCUT2D eigenvalue weighted by molar-refractivity contribution is -0.117. The van der Waals surface area contributed by atoms with Crippen LogP contribution in [0, 0.1) is 0 Å². The Bertz CT molecular complexity index is 1160. The lowest BCUT2D eigenvalue weighted by Crippen LogP contribution is -2.10. The standard InChI is InChI=1S/C28H22O8.C2H6/c1-3-21(29)17-33-23-9-5-19(6-10-23)27(31)35-25-13-15-26(16-14-25)36-28(32)20-7-11-24(12-8-20)34-18-22(30)4-2;1-2/h3-16H,1-2,17-18H2;1-2H3. The predicted octanol–water partition coefficient (Wildman–Crippen LogP) is 5.42. The van der Waals surface area contributed by atoms with E-state index in [0.717, 1.165) is 0 Å². The van der Waals surface area contributed by atoms with Gasteiger partial charge in [0.2, 0.25) is 0 Å². The molecule has 0 aromatic heterocycles. The maximum absolute atomic E-state index is 12.4. The van der Waals surface area contributed by atoms with Crippen LogP contribution in [0.4, 0.5) is 0 Å². The smallest absolute Gasteiger partial charge is 0.343 e. The number of carbonyl (C=O) groups excluding carboxylic acids is 4. The lowest BCUT2D eigenvalue weighted by atomic mass is 10.2. The SMILES string of the molecule is C=CC(=O)COc1ccc(C(=O)Oc2ccc(OC(=O)c3ccc(OCC(=O)C=C)cc3)cc2)cc1.CC. The zero-order chi connectivity index (χ0) is 27.9. The molecule has 0 spiro atoms. The van der Waals surface area contributed by atoms with Gasteiger partial charge in [0.1, 0.15) is 23.0 Å². The molecule has 3 aromatic carbocycles. The van der Waals surface area contributed by atoms with E-state index in [0.29, 0.717) is 11.5 Å². The van der Waals surface area contributed by atoms with Crippen LogP contribution in [0.3, 0.4) is 0 Å². The van der Waals surface area contributed by atoms with Crippen molar-refractivity contribution in [3.05, 3.63) is 109 Å². The average molecular weight is 517 g/mol. The van der Waals surface area contributed by atoms with Crippen molar-refractivity contribution in [3.63, 3.8) is 0 Å². The molecule has 0 aliphatic carbocycles. The third-order valence-corrected chi connectivity index (χ3v) is 4.64. The average Bonchev–Trinajstić information content (AvgIpc) is 2.97. The van der Waals surface area contributed by atoms with Gasteiger partial charge >= 0.3 is 11.9 Å². The van der Waals surface area contributed by atoms with Gasteiger partial charge in [0.25, 0.3) is 0 Å². The van der Waals surface area contributed by atoms with Gasteiger partial charge in [-0.25, -0.2) is 9.59 Å². The van der Waals surface area contributed by atoms with Crippen molar-refractivity contribution in [2.75, 3.05) is 13.2 Å². The molecule has 3 rings (SSSR count). The van der Waals surface area contributed by atoms with Crippen molar-refractivity contribution in [2.45, 2.75) is 13.8 Å². The summed E-state index contributed by atoms with van der Waals surface area (Å²) in [6.45, 7) is 10.5. The number of ether oxygens (including phenoxy) is 4. The Balaban J connectivity index is 0.00000247. The molecular formula is C30H28O8. The van der Waals surface area contributed by atoms with Crippen LogP contribution in [0.5, 0.6) is 23.0 Å². The molecule has 0 N–H and O–H groups in total. The van der Waals surface area contributed by atoms with Crippen LogP contribution in [-0.2, 0) is 9.59 Å². The van der Waals surface area contributed by atoms with E-state index in [-0.39, 0.29) is 47.4 Å². The third-order valence-electron chi connectivity index (χ3n) is 4.64. The second kappa shape index (κ2) is 15.2. The maximum atomic E-state index is 12.4. The molecule has 196 valence electrons. The summed E-state index contributed by atoms with van der Waals surface area (Å²) >= 11 is 0. The van der Waals surface area contributed by atoms with Crippen molar-refractivity contribution in [3.8, 4) is 23.0 Å². The van der Waals surface area contributed by atoms with Gasteiger partial charge in [-0.1, -0.05) is 27.0 Å². The molecule has 38 heavy (non-hydrogen) atoms. The van der Waals surface area contributed by atoms with E-state index in [2.05, 4.69) is 13.2 Å². The zero-order valence-corrected chi connectivity index (χ0v) is 21.2. The minimum absolute atomic E-state index is 0.137. The highest BCUT2D eigenvalue weighted by atomic mass is 16.5. The van der Waals surface area contributed by atoms with Crippen LogP contribution in [0.2, 0.25) is 0 Å². The summed E-state index contributed by atoms with van der Waals surface area (Å²) in [6.07, 6.45) is 2.34. The molecule has 8 nitrogen and oxygen atoms in total. The normalized spacial score (nSPS) is 9.63. The van der Waals surface area contributed by atoms with Crippen molar-refractivity contribution in [1.29, 1.82) is 0 Å². The molecule has 0 aliphatic heterocycles. The van der Waals surface area contributed by atoms with E-state index < -0.39 is 11.9 Å². The molecule has 0 fully saturated rings. The number of hydrogen-bond donors (Lipinski definition) is 0. The summed E-state index contributed by atoms with van der Waals surface area (Å²) in [7, 11) is 0. The molecule has 8 heteroatoms. The predicted molar refractivity (Wildman–Crippen MR) is 142 cm³/mol. The monoisotopic (exact) mass is 516 g/mol. The summed E-state index contributed by atoms with van der Waals surface area (Å²) in [4.78, 5) is 47.2. The molecule has 0 atom stereocenters. The van der Waals surface area contributed by atoms with E-state index in [1.165, 1.54) is 60.7 Å². The number of ketones is 2. The number of carbonyl (C=O) groups is 4. The second-order valence-electron chi connectivity index (χ2n) is 7.22. The van der Waals surface area contributed by atoms with Crippen LogP contribution in [-0.4, -0.2) is 36.7 Å². The molecular weight excluding hydrogens is 488 g/mol. The molecule has 0 unspecified atom stereocenters. The van der Waals surface area contributed by atoms with E-state index in [9.17, 15) is 19.2 Å². The van der Waals surface area contributed by atoms with E-state index in [4.69, 9.17) is 18.9 Å². The number of esters is 2. The molecule has 0 radical (unpaired) electrons. The van der Waals surface area contributed by atoms with Gasteiger partial charge in [-0.2, -0.15) is 0 Å². The molecule has 3 aromatic rings. The van der Waals surface area contributed by atoms with Gasteiger partial charge in [-0.05, 0) is 84.9 Å². The summed E-state index contributed by atoms with van der Waals surface area (Å²) in [5.74, 6) is -0.325. The second-order valence-corrected chi connectivity index (χ2v) is 7.22. The highest BCUT2D eigenvalue weighted by molar-refractivity contribution is 5.92. The van der Waals surface area contributed by atoms with Gasteiger partial charge in [0.05, 0.1) is 11.1 Å². The van der Waals surface area contributed by atoms with Gasteiger partial charge in [-0.15, -0.1) is 0 Å². The molecule has 0 amide bonds. The fourth-order valence-corrected chi connectivity index (χ4v) is 2.71. The Kier molecular flexibility index (Phi) is 11.7. The molecule has 0 aliphatic rings. The fraction of sp³-hybridized carbons (Fsp3) is 0.133. The Morgan fingerprint density at radius 3 is 1.13 bits per heavy atom. The first kappa shape index (κ1) is 29.3. The Morgan fingerprint density at radius 1 is 0.553 bits per heavy atom. The Morgan fingerprint density at radius 2 is 0.842 bits per heavy atom. The number of benzene rings is 3. The minimum atomic E-state index is -0.592. The Labute approximate surface area is 221 Å². The van der Waals surface area contributed by atoms with Crippen LogP contribution in [0.25, 0.3) is 0 Å². The van der Waals surface area contributed by atoms with Crippen molar-refractivity contribution < 1.29 is 38.1 Å². The topological polar surface area (TPSA) is 105 Å². The quantitative estimate of drug-likeness (QED) is 0.179. The van der Waals surface area contributed by atoms with Crippen LogP contribution in [0.1, 0.15) is 34.6 Å². The summed E-state index contributed by atoms with van der Waals surface area (Å²) in [6, 6.07) is 18.2. The summed E-state index contributed by atoms with van der Waals surface area (Å²) in [5.41, 5.74) is 0.573. The zero-order valence-electron chi connectivity index (χ0n) is 21.2. The van der Waals surface area contributed by atoms with E-state index in [1.54, 1.807) is 24.3 Å². The Hall–Kier alpha value is -4.98. The summed E-state index contributed by atoms with van der Waals surface area (Å²) in [5, 5.41) is 0. The lowest BCUT2D eigenvalue weighted by Gasteiger charge is -2.08. The summed E-state index contributed by atoms with van der Waals surface area (Å²) < 4.78 is 21.2. The largest absolute Gasteiger partial charge is 0.485 e. The van der Waals surface area contributed by atoms with E-state index >= 15 is 0 Å². The van der Waals surface area contributed by atoms with Gasteiger partial charge in [0.15, 0.2) is 24.8 Å². The molecule has 0 bridgehead atoms. The third kappa shape index (κ3) is 9.23. The van der Waals surface area contributed by atoms with Gasteiger partial charge in [-0.3, -0.25) is 9.59 Å². The van der Waals surface area contributed by atoms with Gasteiger partial charge < -0.3 is 18.9 Å². The fourth-order valence-electron chi connectivity index (χ4n) is 2.71. The highest BCUT2D eigenvalue weighted by Gasteiger charge is 2.12. The maximum Gasteiger partial charge on any atom is 0.343 e. The van der Waals surface area contributed by atoms with Crippen LogP contribution >= 0.6 is 0 Å². The highest BCUT2D eigenvalue weighted by Crippen LogP contribution is 2.21. The minimum Gasteiger partial charge on any atom is -0.485 e. The van der Waals surface area contributed by atoms with Crippen molar-refractivity contribution in [1.82, 2.24) is 0 Å². The molecule has 0 saturated carbocycles. The number of hydrogen-bond acceptors (Lipinski definition) is 8. The molecule has 0 saturated heterocycles. The van der Waals surface area contributed by atoms with Crippen molar-refractivity contribution >= 4 is 23.5 Å². The van der Waals surface area contributed by atoms with Crippen molar-refractivity contribution in [2.24, 2.45) is 0 Å². The van der Waals surface area contributed by atoms with Crippen LogP contribution < -0.4 is 18.9 Å². The molecule has 0 heterocycles. The van der Waals surface area contributed by atoms with Crippen LogP contribution in [0.15, 0.2) is 98.1 Å². The number of rotatable bonds is 12. The first-order valence-corrected chi connectivity index (χ1v) is 11.7. The first-order chi connectivity index (χ1) is 18.4.